The number of benzene rings is 8. The first-order chi connectivity index (χ1) is 52.3. The van der Waals surface area contributed by atoms with Gasteiger partial charge in [0, 0.05) is 115 Å². The molecular formula is C78H83N9O17S6. The van der Waals surface area contributed by atoms with Gasteiger partial charge < -0.3 is 19.1 Å². The number of hydrogen-bond donors (Lipinski definition) is 0. The molecule has 6 fully saturated rings. The minimum Gasteiger partial charge on any atom is -0.358 e. The quantitative estimate of drug-likeness (QED) is 0.0722. The number of piperidine rings is 3. The summed E-state index contributed by atoms with van der Waals surface area (Å²) in [6, 6.07) is 60.7. The van der Waals surface area contributed by atoms with Gasteiger partial charge >= 0.3 is 0 Å². The maximum Gasteiger partial charge on any atom is 0.246 e. The lowest BCUT2D eigenvalue weighted by molar-refractivity contribution is -0.108. The molecule has 8 aromatic rings. The number of nitriles is 2. The van der Waals surface area contributed by atoms with Crippen LogP contribution in [-0.2, 0) is 74.4 Å². The third-order valence-corrected chi connectivity index (χ3v) is 32.3. The van der Waals surface area contributed by atoms with E-state index in [-0.39, 0.29) is 163 Å². The normalized spacial score (nSPS) is 19.4. The fraction of sp³-hybridized carbons (Fsp3) is 0.333. The van der Waals surface area contributed by atoms with Gasteiger partial charge in [-0.1, -0.05) is 133 Å². The second-order valence-corrected chi connectivity index (χ2v) is 38.9. The number of Topliss-reactive ketones (excluding diaryl/α,β-unsaturated/α-hetero) is 2. The Hall–Kier alpha value is -8.62. The van der Waals surface area contributed by atoms with Gasteiger partial charge in [-0.2, -0.15) is 36.4 Å². The third-order valence-electron chi connectivity index (χ3n) is 20.6. The summed E-state index contributed by atoms with van der Waals surface area (Å²) in [5, 5.41) is 18.6. The molecule has 6 aliphatic rings. The lowest BCUT2D eigenvalue weighted by Crippen LogP contribution is -2.55. The molecule has 0 bridgehead atoms. The molecule has 6 saturated heterocycles. The van der Waals surface area contributed by atoms with Crippen LogP contribution >= 0.6 is 0 Å². The van der Waals surface area contributed by atoms with Gasteiger partial charge in [0.25, 0.3) is 0 Å². The molecule has 0 amide bonds. The lowest BCUT2D eigenvalue weighted by atomic mass is 10.0. The molecule has 0 N–H and O–H groups in total. The number of sulfonamides is 6. The van der Waals surface area contributed by atoms with Gasteiger partial charge in [-0.05, 0) is 123 Å². The van der Waals surface area contributed by atoms with E-state index in [0.717, 1.165) is 22.3 Å². The highest BCUT2D eigenvalue weighted by molar-refractivity contribution is 7.90. The van der Waals surface area contributed by atoms with Crippen molar-refractivity contribution in [3.63, 3.8) is 0 Å². The first-order valence-electron chi connectivity index (χ1n) is 35.5. The van der Waals surface area contributed by atoms with E-state index in [4.69, 9.17) is 14.2 Å². The van der Waals surface area contributed by atoms with Crippen LogP contribution in [0.2, 0.25) is 0 Å². The van der Waals surface area contributed by atoms with Crippen molar-refractivity contribution in [3.05, 3.63) is 229 Å². The molecular weight excluding hydrogens is 1530 g/mol. The van der Waals surface area contributed by atoms with Crippen LogP contribution in [0, 0.1) is 22.7 Å². The first-order valence-corrected chi connectivity index (χ1v) is 44.2. The monoisotopic (exact) mass is 1610 g/mol. The highest BCUT2D eigenvalue weighted by Crippen LogP contribution is 2.45. The molecule has 32 heteroatoms. The van der Waals surface area contributed by atoms with E-state index < -0.39 is 83.4 Å². The summed E-state index contributed by atoms with van der Waals surface area (Å²) < 4.78 is 188. The summed E-state index contributed by atoms with van der Waals surface area (Å²) in [6.45, 7) is 4.81. The van der Waals surface area contributed by atoms with Crippen molar-refractivity contribution in [3.8, 4) is 34.4 Å². The van der Waals surface area contributed by atoms with Crippen LogP contribution in [0.25, 0.3) is 22.3 Å². The molecule has 6 heterocycles. The zero-order valence-corrected chi connectivity index (χ0v) is 65.7. The van der Waals surface area contributed by atoms with E-state index in [0.29, 0.717) is 17.7 Å². The van der Waals surface area contributed by atoms with Gasteiger partial charge in [0.2, 0.25) is 60.1 Å². The molecule has 578 valence electrons. The average Bonchev–Trinajstić information content (AvgIpc) is 1.53. The van der Waals surface area contributed by atoms with Crippen molar-refractivity contribution in [2.75, 3.05) is 92.8 Å². The van der Waals surface area contributed by atoms with E-state index >= 15 is 0 Å². The summed E-state index contributed by atoms with van der Waals surface area (Å²) >= 11 is 0. The molecule has 0 aliphatic carbocycles. The Balaban J connectivity index is 0.000000155. The number of likely N-dealkylation sites (N-methyl/N-ethyl adjacent to an activating group) is 1. The maximum atomic E-state index is 13.8. The topological polar surface area (TPSA) is 337 Å². The summed E-state index contributed by atoms with van der Waals surface area (Å²) in [7, 11) is -19.6. The van der Waals surface area contributed by atoms with Gasteiger partial charge in [0.05, 0.1) is 54.9 Å². The Morgan fingerprint density at radius 1 is 0.382 bits per heavy atom. The van der Waals surface area contributed by atoms with Gasteiger partial charge in [-0.15, -0.1) is 0 Å². The van der Waals surface area contributed by atoms with Crippen LogP contribution in [0.3, 0.4) is 0 Å². The van der Waals surface area contributed by atoms with E-state index in [1.54, 1.807) is 48.5 Å². The largest absolute Gasteiger partial charge is 0.358 e. The Labute approximate surface area is 643 Å². The number of hydrogen-bond acceptors (Lipinski definition) is 20. The third kappa shape index (κ3) is 16.4. The molecule has 0 saturated carbocycles. The standard InChI is InChI=1S/C31H30N2O5S2.C26H33N3O7S2.C21H20N4O5S2/c34-39(35,29-15-11-27(12-16-29)25-7-3-1-4-8-25)32-21-19-31(20-22-32)33(23-24-38-31)40(36,37)30-17-13-28(14-18-30)26-9-5-2-6-10-26;1-19(30)21-5-9-24(10-6-21)37(32,33)28-15-13-26(14-16-28)29(18-23(36-26)17-27(3)4)38(34,35)25-11-7-22(8-12-25)20(2)31;22-15-17-5-1-3-7-19(17)31(26,27)24-11-9-21(10-12-24)25(13-14-30-21)32(28,29)20-8-4-2-6-18(20)16-23/h1-18H,19-24H2;5-12,23H,13-18H2,1-4H3;1-8H,9-14H2. The second kappa shape index (κ2) is 32.6. The summed E-state index contributed by atoms with van der Waals surface area (Å²) in [6.07, 6.45) is 0.715. The van der Waals surface area contributed by atoms with E-state index in [1.165, 1.54) is 112 Å². The molecule has 26 nitrogen and oxygen atoms in total. The van der Waals surface area contributed by atoms with Crippen LogP contribution in [0.5, 0.6) is 0 Å². The Kier molecular flexibility index (Phi) is 24.0. The zero-order chi connectivity index (χ0) is 78.7. The fourth-order valence-corrected chi connectivity index (χ4v) is 24.6. The smallest absolute Gasteiger partial charge is 0.246 e. The van der Waals surface area contributed by atoms with Crippen LogP contribution in [0.4, 0.5) is 0 Å². The average molecular weight is 1610 g/mol. The Bertz CT molecular complexity index is 5520. The number of carbonyl (C=O) groups excluding carboxylic acids is 2. The van der Waals surface area contributed by atoms with Crippen molar-refractivity contribution in [1.29, 1.82) is 10.5 Å². The van der Waals surface area contributed by atoms with E-state index in [2.05, 4.69) is 0 Å². The number of carbonyl (C=O) groups is 2. The Morgan fingerprint density at radius 2 is 0.691 bits per heavy atom. The van der Waals surface area contributed by atoms with Gasteiger partial charge in [-0.25, -0.2) is 50.5 Å². The van der Waals surface area contributed by atoms with Crippen molar-refractivity contribution in [1.82, 2.24) is 30.7 Å². The SMILES string of the molecule is CC(=O)c1ccc(S(=O)(=O)N2CCC3(CC2)OC(CN(C)C)CN3S(=O)(=O)c2ccc(C(C)=O)cc2)cc1.N#Cc1ccccc1S(=O)(=O)N1CCC2(CC1)OCCN2S(=O)(=O)c1ccccc1C#N.O=S(=O)(c1ccc(-c2ccccc2)cc1)N1CCC2(CC1)OCCN2S(=O)(=O)c1ccc(-c2ccccc2)cc1. The molecule has 0 radical (unpaired) electrons. The van der Waals surface area contributed by atoms with Crippen molar-refractivity contribution >= 4 is 71.7 Å². The van der Waals surface area contributed by atoms with E-state index in [9.17, 15) is 70.6 Å². The highest BCUT2D eigenvalue weighted by Gasteiger charge is 2.56. The minimum absolute atomic E-state index is 0.0357. The number of ether oxygens (including phenoxy) is 3. The zero-order valence-electron chi connectivity index (χ0n) is 60.8. The first kappa shape index (κ1) is 80.9. The summed E-state index contributed by atoms with van der Waals surface area (Å²) in [5.41, 5.74) is 1.41. The maximum absolute atomic E-state index is 13.8. The number of nitrogens with zero attached hydrogens (tertiary/aromatic N) is 9. The van der Waals surface area contributed by atoms with Crippen molar-refractivity contribution < 1.29 is 74.3 Å². The van der Waals surface area contributed by atoms with Crippen molar-refractivity contribution in [2.45, 2.75) is 105 Å². The van der Waals surface area contributed by atoms with Gasteiger partial charge in [0.15, 0.2) is 11.6 Å². The lowest BCUT2D eigenvalue weighted by Gasteiger charge is -2.42. The molecule has 1 unspecified atom stereocenters. The van der Waals surface area contributed by atoms with Crippen LogP contribution in [0.15, 0.2) is 236 Å². The number of ketones is 2. The summed E-state index contributed by atoms with van der Waals surface area (Å²) in [4.78, 5) is 25.5. The van der Waals surface area contributed by atoms with E-state index in [1.807, 2.05) is 116 Å². The van der Waals surface area contributed by atoms with Crippen LogP contribution in [-0.4, -0.2) is 209 Å². The van der Waals surface area contributed by atoms with Gasteiger partial charge in [0.1, 0.15) is 34.2 Å². The van der Waals surface area contributed by atoms with Crippen LogP contribution in [0.1, 0.15) is 84.2 Å². The second-order valence-electron chi connectivity index (χ2n) is 27.6. The molecule has 0 aromatic heterocycles. The molecule has 110 heavy (non-hydrogen) atoms. The Morgan fingerprint density at radius 3 is 1.06 bits per heavy atom. The molecule has 6 aliphatic heterocycles. The molecule has 14 rings (SSSR count). The van der Waals surface area contributed by atoms with Gasteiger partial charge in [-0.3, -0.25) is 9.59 Å². The summed E-state index contributed by atoms with van der Waals surface area (Å²) in [5.74, 6) is -0.317. The molecule has 8 aromatic carbocycles. The predicted molar refractivity (Wildman–Crippen MR) is 408 cm³/mol. The minimum atomic E-state index is -4.03. The predicted octanol–water partition coefficient (Wildman–Crippen LogP) is 9.08. The highest BCUT2D eigenvalue weighted by atomic mass is 32.2. The molecule has 1 atom stereocenters. The fourth-order valence-electron chi connectivity index (χ4n) is 14.8. The van der Waals surface area contributed by atoms with Crippen molar-refractivity contribution in [2.24, 2.45) is 0 Å². The van der Waals surface area contributed by atoms with Crippen LogP contribution < -0.4 is 0 Å². The number of rotatable bonds is 18. The molecule has 3 spiro atoms.